The summed E-state index contributed by atoms with van der Waals surface area (Å²) >= 11 is 3.36. The van der Waals surface area contributed by atoms with Crippen molar-refractivity contribution in [3.05, 3.63) is 22.7 Å². The lowest BCUT2D eigenvalue weighted by Gasteiger charge is -2.21. The summed E-state index contributed by atoms with van der Waals surface area (Å²) in [4.78, 5) is 24.9. The summed E-state index contributed by atoms with van der Waals surface area (Å²) in [5, 5.41) is 11.8. The maximum atomic E-state index is 12.1. The number of nitrogens with one attached hydrogen (secondary N) is 1. The molecule has 1 rings (SSSR count). The Kier molecular flexibility index (Phi) is 5.56. The molecule has 0 aliphatic carbocycles. The number of amides is 1. The predicted octanol–water partition coefficient (Wildman–Crippen LogP) is 2.81. The lowest BCUT2D eigenvalue weighted by atomic mass is 9.95. The van der Waals surface area contributed by atoms with Crippen LogP contribution in [0.15, 0.2) is 22.7 Å². The molecule has 2 N–H and O–H groups in total. The highest BCUT2D eigenvalue weighted by Gasteiger charge is 2.26. The van der Waals surface area contributed by atoms with Gasteiger partial charge in [0.05, 0.1) is 17.3 Å². The van der Waals surface area contributed by atoms with Crippen LogP contribution in [0, 0.1) is 11.8 Å². The monoisotopic (exact) mass is 342 g/mol. The molecule has 0 aromatic heterocycles. The van der Waals surface area contributed by atoms with Crippen LogP contribution in [0.3, 0.4) is 0 Å². The molecule has 110 valence electrons. The van der Waals surface area contributed by atoms with Gasteiger partial charge in [0.2, 0.25) is 5.91 Å². The van der Waals surface area contributed by atoms with Gasteiger partial charge in [-0.15, -0.1) is 0 Å². The van der Waals surface area contributed by atoms with Gasteiger partial charge in [-0.1, -0.05) is 29.8 Å². The maximum absolute atomic E-state index is 12.1. The zero-order valence-electron chi connectivity index (χ0n) is 12.0. The lowest BCUT2D eigenvalue weighted by molar-refractivity contribution is -0.145. The van der Waals surface area contributed by atoms with Crippen LogP contribution in [0.1, 0.15) is 13.8 Å². The summed E-state index contributed by atoms with van der Waals surface area (Å²) in [5.74, 6) is -2.62. The van der Waals surface area contributed by atoms with Gasteiger partial charge < -0.3 is 15.3 Å². The molecule has 0 aliphatic heterocycles. The van der Waals surface area contributed by atoms with Gasteiger partial charge in [0.25, 0.3) is 0 Å². The van der Waals surface area contributed by atoms with Crippen molar-refractivity contribution >= 4 is 39.2 Å². The van der Waals surface area contributed by atoms with Crippen LogP contribution in [0.4, 0.5) is 11.4 Å². The van der Waals surface area contributed by atoms with E-state index in [4.69, 9.17) is 5.11 Å². The first-order chi connectivity index (χ1) is 9.23. The number of hydrogen-bond acceptors (Lipinski definition) is 3. The number of carbonyl (C=O) groups excluding carboxylic acids is 1. The van der Waals surface area contributed by atoms with Gasteiger partial charge in [-0.3, -0.25) is 9.59 Å². The van der Waals surface area contributed by atoms with Gasteiger partial charge in [-0.25, -0.2) is 0 Å². The molecule has 0 bridgehead atoms. The quantitative estimate of drug-likeness (QED) is 0.863. The minimum Gasteiger partial charge on any atom is -0.481 e. The summed E-state index contributed by atoms with van der Waals surface area (Å²) < 4.78 is 0.845. The second-order valence-corrected chi connectivity index (χ2v) is 5.88. The molecular formula is C14H19BrN2O3. The van der Waals surface area contributed by atoms with Crippen LogP contribution in [-0.2, 0) is 9.59 Å². The van der Waals surface area contributed by atoms with E-state index in [0.717, 1.165) is 10.2 Å². The molecule has 20 heavy (non-hydrogen) atoms. The molecule has 1 amide bonds. The van der Waals surface area contributed by atoms with Crippen LogP contribution in [-0.4, -0.2) is 31.1 Å². The number of anilines is 2. The van der Waals surface area contributed by atoms with Crippen molar-refractivity contribution in [2.75, 3.05) is 24.3 Å². The van der Waals surface area contributed by atoms with Crippen molar-refractivity contribution in [3.8, 4) is 0 Å². The first-order valence-electron chi connectivity index (χ1n) is 6.24. The number of carboxylic acids is 1. The van der Waals surface area contributed by atoms with E-state index < -0.39 is 17.8 Å². The second kappa shape index (κ2) is 6.74. The first kappa shape index (κ1) is 16.5. The largest absolute Gasteiger partial charge is 0.481 e. The number of aliphatic carboxylic acids is 1. The van der Waals surface area contributed by atoms with E-state index in [9.17, 15) is 9.59 Å². The molecule has 0 aliphatic rings. The van der Waals surface area contributed by atoms with Crippen LogP contribution in [0.5, 0.6) is 0 Å². The minimum absolute atomic E-state index is 0.305. The fraction of sp³-hybridized carbons (Fsp3) is 0.429. The molecule has 0 saturated heterocycles. The van der Waals surface area contributed by atoms with E-state index in [1.54, 1.807) is 13.0 Å². The van der Waals surface area contributed by atoms with Crippen LogP contribution < -0.4 is 10.2 Å². The van der Waals surface area contributed by atoms with Gasteiger partial charge in [0.1, 0.15) is 0 Å². The average Bonchev–Trinajstić information content (AvgIpc) is 2.36. The molecule has 6 heteroatoms. The molecule has 2 atom stereocenters. The van der Waals surface area contributed by atoms with Crippen molar-refractivity contribution in [1.29, 1.82) is 0 Å². The summed E-state index contributed by atoms with van der Waals surface area (Å²) in [6.07, 6.45) is 0. The Morgan fingerprint density at radius 1 is 1.25 bits per heavy atom. The zero-order chi connectivity index (χ0) is 15.4. The Labute approximate surface area is 127 Å². The van der Waals surface area contributed by atoms with E-state index in [2.05, 4.69) is 21.2 Å². The fourth-order valence-corrected chi connectivity index (χ4v) is 2.05. The van der Waals surface area contributed by atoms with Crippen molar-refractivity contribution in [3.63, 3.8) is 0 Å². The molecule has 0 spiro atoms. The van der Waals surface area contributed by atoms with E-state index in [0.29, 0.717) is 5.69 Å². The number of carbonyl (C=O) groups is 2. The molecule has 1 aromatic rings. The summed E-state index contributed by atoms with van der Waals surface area (Å²) in [7, 11) is 3.75. The number of rotatable bonds is 5. The van der Waals surface area contributed by atoms with Crippen molar-refractivity contribution < 1.29 is 14.7 Å². The van der Waals surface area contributed by atoms with Crippen LogP contribution >= 0.6 is 15.9 Å². The highest BCUT2D eigenvalue weighted by Crippen LogP contribution is 2.29. The van der Waals surface area contributed by atoms with E-state index in [1.807, 2.05) is 31.1 Å². The number of hydrogen-bond donors (Lipinski definition) is 2. The van der Waals surface area contributed by atoms with E-state index >= 15 is 0 Å². The number of benzene rings is 1. The molecule has 1 aromatic carbocycles. The van der Waals surface area contributed by atoms with Gasteiger partial charge >= 0.3 is 5.97 Å². The van der Waals surface area contributed by atoms with E-state index in [-0.39, 0.29) is 5.91 Å². The minimum atomic E-state index is -0.977. The summed E-state index contributed by atoms with van der Waals surface area (Å²) in [6.45, 7) is 3.14. The van der Waals surface area contributed by atoms with Crippen molar-refractivity contribution in [1.82, 2.24) is 0 Å². The van der Waals surface area contributed by atoms with Gasteiger partial charge in [-0.2, -0.15) is 0 Å². The molecule has 0 radical (unpaired) electrons. The zero-order valence-corrected chi connectivity index (χ0v) is 13.6. The van der Waals surface area contributed by atoms with E-state index in [1.165, 1.54) is 6.92 Å². The SMILES string of the molecule is CC(C(=O)O)C(C)C(=O)Nc1cc(Br)ccc1N(C)C. The molecule has 0 heterocycles. The van der Waals surface area contributed by atoms with Gasteiger partial charge in [0, 0.05) is 24.5 Å². The predicted molar refractivity (Wildman–Crippen MR) is 83.1 cm³/mol. The third-order valence-electron chi connectivity index (χ3n) is 3.25. The van der Waals surface area contributed by atoms with Crippen LogP contribution in [0.2, 0.25) is 0 Å². The Hall–Kier alpha value is -1.56. The normalized spacial score (nSPS) is 13.4. The fourth-order valence-electron chi connectivity index (χ4n) is 1.69. The molecule has 5 nitrogen and oxygen atoms in total. The average molecular weight is 343 g/mol. The number of carboxylic acid groups (broad SMARTS) is 1. The van der Waals surface area contributed by atoms with Crippen LogP contribution in [0.25, 0.3) is 0 Å². The van der Waals surface area contributed by atoms with Crippen molar-refractivity contribution in [2.45, 2.75) is 13.8 Å². The second-order valence-electron chi connectivity index (χ2n) is 4.96. The van der Waals surface area contributed by atoms with Gasteiger partial charge in [-0.05, 0) is 18.2 Å². The highest BCUT2D eigenvalue weighted by atomic mass is 79.9. The smallest absolute Gasteiger partial charge is 0.307 e. The first-order valence-corrected chi connectivity index (χ1v) is 7.04. The third kappa shape index (κ3) is 3.96. The van der Waals surface area contributed by atoms with Gasteiger partial charge in [0.15, 0.2) is 0 Å². The number of halogens is 1. The Morgan fingerprint density at radius 2 is 1.85 bits per heavy atom. The third-order valence-corrected chi connectivity index (χ3v) is 3.74. The Morgan fingerprint density at radius 3 is 2.35 bits per heavy atom. The van der Waals surface area contributed by atoms with Crippen molar-refractivity contribution in [2.24, 2.45) is 11.8 Å². The summed E-state index contributed by atoms with van der Waals surface area (Å²) in [5.41, 5.74) is 1.51. The Bertz CT molecular complexity index is 517. The highest BCUT2D eigenvalue weighted by molar-refractivity contribution is 9.10. The Balaban J connectivity index is 2.95. The molecule has 2 unspecified atom stereocenters. The standard InChI is InChI=1S/C14H19BrN2O3/c1-8(9(2)14(19)20)13(18)16-11-7-10(15)5-6-12(11)17(3)4/h5-9H,1-4H3,(H,16,18)(H,19,20). The lowest BCUT2D eigenvalue weighted by Crippen LogP contribution is -2.30. The maximum Gasteiger partial charge on any atom is 0.307 e. The number of nitrogens with zero attached hydrogens (tertiary/aromatic N) is 1. The molecule has 0 saturated carbocycles. The molecule has 0 fully saturated rings. The topological polar surface area (TPSA) is 69.6 Å². The molecular weight excluding hydrogens is 324 g/mol. The summed E-state index contributed by atoms with van der Waals surface area (Å²) in [6, 6.07) is 5.56.